The zero-order valence-corrected chi connectivity index (χ0v) is 16.9. The van der Waals surface area contributed by atoms with E-state index >= 15 is 0 Å². The van der Waals surface area contributed by atoms with Crippen LogP contribution < -0.4 is 5.01 Å². The van der Waals surface area contributed by atoms with E-state index in [4.69, 9.17) is 4.74 Å². The number of carbonyl (C=O) groups excluding carboxylic acids is 1. The number of nitrogens with zero attached hydrogens (tertiary/aromatic N) is 2. The summed E-state index contributed by atoms with van der Waals surface area (Å²) in [6, 6.07) is 10.4. The van der Waals surface area contributed by atoms with Crippen LogP contribution in [0.3, 0.4) is 0 Å². The molecule has 0 radical (unpaired) electrons. The quantitative estimate of drug-likeness (QED) is 0.771. The lowest BCUT2D eigenvalue weighted by Gasteiger charge is -2.41. The predicted octanol–water partition coefficient (Wildman–Crippen LogP) is 4.85. The number of benzene rings is 1. The van der Waals surface area contributed by atoms with Gasteiger partial charge in [-0.3, -0.25) is 9.80 Å². The van der Waals surface area contributed by atoms with Crippen LogP contribution in [0.15, 0.2) is 30.3 Å². The van der Waals surface area contributed by atoms with Crippen molar-refractivity contribution in [3.63, 3.8) is 0 Å². The van der Waals surface area contributed by atoms with Gasteiger partial charge in [0.1, 0.15) is 0 Å². The molecule has 2 aliphatic rings. The third kappa shape index (κ3) is 3.90. The molecular weight excluding hydrogens is 324 g/mol. The lowest BCUT2D eigenvalue weighted by Crippen LogP contribution is -2.49. The van der Waals surface area contributed by atoms with Crippen molar-refractivity contribution in [3.05, 3.63) is 30.3 Å². The van der Waals surface area contributed by atoms with Crippen LogP contribution in [0.2, 0.25) is 0 Å². The summed E-state index contributed by atoms with van der Waals surface area (Å²) in [4.78, 5) is 12.5. The zero-order chi connectivity index (χ0) is 18.8. The van der Waals surface area contributed by atoms with Gasteiger partial charge in [-0.05, 0) is 49.7 Å². The summed E-state index contributed by atoms with van der Waals surface area (Å²) in [6.07, 6.45) is 4.55. The van der Waals surface area contributed by atoms with E-state index in [1.165, 1.54) is 12.8 Å². The molecule has 1 amide bonds. The normalized spacial score (nSPS) is 32.3. The van der Waals surface area contributed by atoms with Gasteiger partial charge in [0.2, 0.25) is 5.91 Å². The fourth-order valence-electron chi connectivity index (χ4n) is 4.74. The van der Waals surface area contributed by atoms with Crippen LogP contribution in [0.1, 0.15) is 60.3 Å². The van der Waals surface area contributed by atoms with Crippen LogP contribution >= 0.6 is 0 Å². The lowest BCUT2D eigenvalue weighted by atomic mass is 9.75. The van der Waals surface area contributed by atoms with Crippen LogP contribution in [-0.2, 0) is 9.53 Å². The SMILES string of the molecule is CC(=O)N1C(O[C@H]2C[C@@H](C)CC[C@@H]2C(C)C)CC(C)N1c1ccccc1. The molecular formula is C22H34N2O2. The summed E-state index contributed by atoms with van der Waals surface area (Å²) in [7, 11) is 0. The van der Waals surface area contributed by atoms with Gasteiger partial charge < -0.3 is 4.74 Å². The molecule has 1 aromatic rings. The number of para-hydroxylation sites is 1. The van der Waals surface area contributed by atoms with Crippen molar-refractivity contribution in [3.8, 4) is 0 Å². The van der Waals surface area contributed by atoms with E-state index in [9.17, 15) is 4.79 Å². The molecule has 0 N–H and O–H groups in total. The van der Waals surface area contributed by atoms with Gasteiger partial charge in [0.15, 0.2) is 6.23 Å². The highest BCUT2D eigenvalue weighted by Gasteiger charge is 2.43. The summed E-state index contributed by atoms with van der Waals surface area (Å²) in [5, 5.41) is 3.96. The zero-order valence-electron chi connectivity index (χ0n) is 16.9. The lowest BCUT2D eigenvalue weighted by molar-refractivity contribution is -0.155. The average Bonchev–Trinajstić information content (AvgIpc) is 2.91. The Morgan fingerprint density at radius 1 is 1.12 bits per heavy atom. The van der Waals surface area contributed by atoms with Crippen LogP contribution in [0.5, 0.6) is 0 Å². The summed E-state index contributed by atoms with van der Waals surface area (Å²) in [5.41, 5.74) is 1.05. The number of hydrogen-bond donors (Lipinski definition) is 0. The van der Waals surface area contributed by atoms with E-state index in [2.05, 4.69) is 44.8 Å². The molecule has 1 aliphatic heterocycles. The molecule has 1 saturated carbocycles. The van der Waals surface area contributed by atoms with Gasteiger partial charge >= 0.3 is 0 Å². The van der Waals surface area contributed by atoms with Gasteiger partial charge in [0, 0.05) is 13.3 Å². The predicted molar refractivity (Wildman–Crippen MR) is 106 cm³/mol. The molecule has 1 heterocycles. The monoisotopic (exact) mass is 358 g/mol. The van der Waals surface area contributed by atoms with E-state index in [1.54, 1.807) is 6.92 Å². The minimum Gasteiger partial charge on any atom is -0.353 e. The number of hydrazine groups is 1. The van der Waals surface area contributed by atoms with E-state index in [-0.39, 0.29) is 24.3 Å². The Bertz CT molecular complexity index is 603. The summed E-state index contributed by atoms with van der Waals surface area (Å²) in [6.45, 7) is 10.7. The van der Waals surface area contributed by atoms with Gasteiger partial charge in [-0.25, -0.2) is 5.01 Å². The van der Waals surface area contributed by atoms with Crippen molar-refractivity contribution in [2.45, 2.75) is 78.7 Å². The van der Waals surface area contributed by atoms with Crippen molar-refractivity contribution in [2.75, 3.05) is 5.01 Å². The molecule has 2 unspecified atom stereocenters. The summed E-state index contributed by atoms with van der Waals surface area (Å²) >= 11 is 0. The van der Waals surface area contributed by atoms with Crippen molar-refractivity contribution in [2.24, 2.45) is 17.8 Å². The third-order valence-corrected chi connectivity index (χ3v) is 6.10. The molecule has 144 valence electrons. The Morgan fingerprint density at radius 3 is 2.42 bits per heavy atom. The Morgan fingerprint density at radius 2 is 1.81 bits per heavy atom. The first-order valence-electron chi connectivity index (χ1n) is 10.2. The molecule has 0 bridgehead atoms. The molecule has 0 spiro atoms. The summed E-state index contributed by atoms with van der Waals surface area (Å²) < 4.78 is 6.66. The fraction of sp³-hybridized carbons (Fsp3) is 0.682. The third-order valence-electron chi connectivity index (χ3n) is 6.10. The standard InChI is InChI=1S/C22H34N2O2/c1-15(2)20-12-11-16(3)13-21(20)26-22-14-17(4)23(24(22)18(5)25)19-9-7-6-8-10-19/h6-10,15-17,20-22H,11-14H2,1-5H3/t16-,17?,20+,21-,22?/m0/s1. The molecule has 1 saturated heterocycles. The number of carbonyl (C=O) groups is 1. The molecule has 2 fully saturated rings. The van der Waals surface area contributed by atoms with Crippen molar-refractivity contribution in [1.29, 1.82) is 0 Å². The van der Waals surface area contributed by atoms with Gasteiger partial charge in [-0.15, -0.1) is 0 Å². The Kier molecular flexibility index (Phi) is 5.91. The second kappa shape index (κ2) is 7.99. The van der Waals surface area contributed by atoms with E-state index in [1.807, 2.05) is 23.2 Å². The first-order chi connectivity index (χ1) is 12.4. The molecule has 1 aliphatic carbocycles. The maximum absolute atomic E-state index is 12.5. The number of rotatable bonds is 4. The minimum atomic E-state index is -0.167. The van der Waals surface area contributed by atoms with Crippen LogP contribution in [0.25, 0.3) is 0 Å². The second-order valence-electron chi connectivity index (χ2n) is 8.58. The number of ether oxygens (including phenoxy) is 1. The highest BCUT2D eigenvalue weighted by molar-refractivity contribution is 5.76. The van der Waals surface area contributed by atoms with Crippen molar-refractivity contribution >= 4 is 11.6 Å². The Labute approximate surface area is 158 Å². The molecule has 1 aromatic carbocycles. The maximum Gasteiger partial charge on any atom is 0.240 e. The highest BCUT2D eigenvalue weighted by atomic mass is 16.5. The van der Waals surface area contributed by atoms with Crippen molar-refractivity contribution in [1.82, 2.24) is 5.01 Å². The van der Waals surface area contributed by atoms with Gasteiger partial charge in [0.05, 0.1) is 17.8 Å². The first-order valence-corrected chi connectivity index (χ1v) is 10.2. The van der Waals surface area contributed by atoms with Crippen LogP contribution in [0.4, 0.5) is 5.69 Å². The summed E-state index contributed by atoms with van der Waals surface area (Å²) in [5.74, 6) is 1.95. The number of hydrogen-bond acceptors (Lipinski definition) is 3. The molecule has 4 heteroatoms. The average molecular weight is 359 g/mol. The van der Waals surface area contributed by atoms with Gasteiger partial charge in [-0.2, -0.15) is 0 Å². The Balaban J connectivity index is 1.81. The minimum absolute atomic E-state index is 0.0492. The molecule has 5 atom stereocenters. The maximum atomic E-state index is 12.5. The molecule has 3 rings (SSSR count). The Hall–Kier alpha value is -1.55. The van der Waals surface area contributed by atoms with Gasteiger partial charge in [-0.1, -0.05) is 45.4 Å². The van der Waals surface area contributed by atoms with E-state index in [0.717, 1.165) is 18.5 Å². The second-order valence-corrected chi connectivity index (χ2v) is 8.58. The van der Waals surface area contributed by atoms with Crippen molar-refractivity contribution < 1.29 is 9.53 Å². The largest absolute Gasteiger partial charge is 0.353 e. The first kappa shape index (κ1) is 19.2. The van der Waals surface area contributed by atoms with Crippen LogP contribution in [0, 0.1) is 17.8 Å². The topological polar surface area (TPSA) is 32.8 Å². The molecule has 0 aromatic heterocycles. The molecule has 26 heavy (non-hydrogen) atoms. The smallest absolute Gasteiger partial charge is 0.240 e. The van der Waals surface area contributed by atoms with Gasteiger partial charge in [0.25, 0.3) is 0 Å². The number of anilines is 1. The van der Waals surface area contributed by atoms with E-state index < -0.39 is 0 Å². The van der Waals surface area contributed by atoms with E-state index in [0.29, 0.717) is 17.8 Å². The highest BCUT2D eigenvalue weighted by Crippen LogP contribution is 2.39. The fourth-order valence-corrected chi connectivity index (χ4v) is 4.74. The molecule has 4 nitrogen and oxygen atoms in total. The van der Waals surface area contributed by atoms with Crippen LogP contribution in [-0.4, -0.2) is 29.3 Å². The number of amides is 1.